The first-order valence-electron chi connectivity index (χ1n) is 10.3. The standard InChI is InChI=1S/C28H22N4/c1-31-15-11-23(12-16-31)21-3-7-25(8-4-21)27(19-29)28(20-30)26-9-5-22(6-10-26)24-13-17-32(2)18-14-24/h3-18H,1-2H3/q+2. The number of pyridine rings is 2. The maximum atomic E-state index is 9.85. The molecule has 0 saturated carbocycles. The normalized spacial score (nSPS) is 11.2. The maximum absolute atomic E-state index is 9.85. The van der Waals surface area contributed by atoms with E-state index in [1.165, 1.54) is 0 Å². The van der Waals surface area contributed by atoms with E-state index in [2.05, 4.69) is 12.1 Å². The lowest BCUT2D eigenvalue weighted by atomic mass is 9.94. The van der Waals surface area contributed by atoms with Crippen molar-refractivity contribution in [1.29, 1.82) is 10.5 Å². The molecule has 2 heterocycles. The van der Waals surface area contributed by atoms with Crippen LogP contribution in [0.2, 0.25) is 0 Å². The van der Waals surface area contributed by atoms with Crippen LogP contribution in [-0.2, 0) is 14.1 Å². The summed E-state index contributed by atoms with van der Waals surface area (Å²) in [5.74, 6) is 0. The predicted molar refractivity (Wildman–Crippen MR) is 124 cm³/mol. The van der Waals surface area contributed by atoms with Crippen LogP contribution in [0, 0.1) is 22.7 Å². The van der Waals surface area contributed by atoms with Crippen LogP contribution in [0.5, 0.6) is 0 Å². The average molecular weight is 415 g/mol. The van der Waals surface area contributed by atoms with Crippen molar-refractivity contribution in [3.63, 3.8) is 0 Å². The van der Waals surface area contributed by atoms with E-state index in [4.69, 9.17) is 0 Å². The predicted octanol–water partition coefficient (Wildman–Crippen LogP) is 4.63. The van der Waals surface area contributed by atoms with E-state index in [1.54, 1.807) is 0 Å². The van der Waals surface area contributed by atoms with Crippen molar-refractivity contribution in [2.45, 2.75) is 0 Å². The quantitative estimate of drug-likeness (QED) is 0.278. The molecule has 0 atom stereocenters. The molecule has 0 spiro atoms. The van der Waals surface area contributed by atoms with Gasteiger partial charge < -0.3 is 0 Å². The summed E-state index contributed by atoms with van der Waals surface area (Å²) in [7, 11) is 3.96. The summed E-state index contributed by atoms with van der Waals surface area (Å²) in [4.78, 5) is 0. The molecule has 0 fully saturated rings. The molecule has 0 radical (unpaired) electrons. The van der Waals surface area contributed by atoms with Crippen molar-refractivity contribution in [1.82, 2.24) is 0 Å². The Morgan fingerprint density at radius 2 is 0.781 bits per heavy atom. The SMILES string of the molecule is C[n+]1ccc(-c2ccc(C(C#N)=C(C#N)c3ccc(-c4cc[n+](C)cc4)cc3)cc2)cc1. The summed E-state index contributed by atoms with van der Waals surface area (Å²) in [6.45, 7) is 0. The molecule has 32 heavy (non-hydrogen) atoms. The number of hydrogen-bond donors (Lipinski definition) is 0. The average Bonchev–Trinajstić information content (AvgIpc) is 2.84. The molecule has 0 N–H and O–H groups in total. The number of nitriles is 2. The summed E-state index contributed by atoms with van der Waals surface area (Å²) < 4.78 is 3.97. The topological polar surface area (TPSA) is 55.3 Å². The largest absolute Gasteiger partial charge is 0.208 e. The lowest BCUT2D eigenvalue weighted by Gasteiger charge is -2.07. The molecule has 2 aromatic carbocycles. The number of aryl methyl sites for hydroxylation is 2. The number of allylic oxidation sites excluding steroid dienone is 2. The van der Waals surface area contributed by atoms with Crippen molar-refractivity contribution >= 4 is 11.1 Å². The minimum absolute atomic E-state index is 0.373. The van der Waals surface area contributed by atoms with E-state index in [9.17, 15) is 10.5 Å². The van der Waals surface area contributed by atoms with E-state index in [1.807, 2.05) is 121 Å². The first-order valence-corrected chi connectivity index (χ1v) is 10.3. The van der Waals surface area contributed by atoms with E-state index < -0.39 is 0 Å². The number of benzene rings is 2. The Bertz CT molecular complexity index is 1240. The summed E-state index contributed by atoms with van der Waals surface area (Å²) in [5, 5.41) is 19.7. The molecule has 4 aromatic rings. The summed E-state index contributed by atoms with van der Waals surface area (Å²) in [5.41, 5.74) is 6.53. The lowest BCUT2D eigenvalue weighted by Crippen LogP contribution is -2.25. The van der Waals surface area contributed by atoms with E-state index >= 15 is 0 Å². The van der Waals surface area contributed by atoms with Crippen molar-refractivity contribution in [2.75, 3.05) is 0 Å². The van der Waals surface area contributed by atoms with Crippen LogP contribution in [0.25, 0.3) is 33.4 Å². The zero-order chi connectivity index (χ0) is 22.5. The van der Waals surface area contributed by atoms with Gasteiger partial charge in [-0.1, -0.05) is 48.5 Å². The molecule has 2 aromatic heterocycles. The van der Waals surface area contributed by atoms with Crippen LogP contribution in [0.1, 0.15) is 11.1 Å². The Hall–Kier alpha value is -4.54. The van der Waals surface area contributed by atoms with Crippen LogP contribution < -0.4 is 9.13 Å². The molecule has 4 rings (SSSR count). The van der Waals surface area contributed by atoms with E-state index in [-0.39, 0.29) is 0 Å². The lowest BCUT2D eigenvalue weighted by molar-refractivity contribution is -0.671. The highest BCUT2D eigenvalue weighted by atomic mass is 14.9. The second-order valence-electron chi connectivity index (χ2n) is 7.63. The molecule has 152 valence electrons. The van der Waals surface area contributed by atoms with Crippen molar-refractivity contribution in [3.05, 3.63) is 109 Å². The monoisotopic (exact) mass is 414 g/mol. The van der Waals surface area contributed by atoms with Gasteiger partial charge in [-0.15, -0.1) is 0 Å². The van der Waals surface area contributed by atoms with Crippen molar-refractivity contribution in [2.24, 2.45) is 14.1 Å². The maximum Gasteiger partial charge on any atom is 0.169 e. The first kappa shape index (κ1) is 20.7. The zero-order valence-electron chi connectivity index (χ0n) is 18.0. The second-order valence-corrected chi connectivity index (χ2v) is 7.63. The number of rotatable bonds is 4. The van der Waals surface area contributed by atoms with Crippen molar-refractivity contribution in [3.8, 4) is 34.4 Å². The van der Waals surface area contributed by atoms with Gasteiger partial charge in [-0.25, -0.2) is 9.13 Å². The fourth-order valence-electron chi connectivity index (χ4n) is 3.58. The highest BCUT2D eigenvalue weighted by molar-refractivity contribution is 6.03. The van der Waals surface area contributed by atoms with Gasteiger partial charge in [-0.05, 0) is 33.4 Å². The minimum Gasteiger partial charge on any atom is -0.208 e. The molecule has 4 heteroatoms. The Labute approximate surface area is 188 Å². The van der Waals surface area contributed by atoms with Gasteiger partial charge in [0, 0.05) is 24.3 Å². The third kappa shape index (κ3) is 4.31. The highest BCUT2D eigenvalue weighted by Crippen LogP contribution is 2.29. The molecule has 0 amide bonds. The van der Waals surface area contributed by atoms with Crippen LogP contribution in [0.3, 0.4) is 0 Å². The Kier molecular flexibility index (Phi) is 5.88. The van der Waals surface area contributed by atoms with Gasteiger partial charge in [0.25, 0.3) is 0 Å². The molecular formula is C28H22N4+2. The van der Waals surface area contributed by atoms with Crippen molar-refractivity contribution < 1.29 is 9.13 Å². The summed E-state index contributed by atoms with van der Waals surface area (Å²) >= 11 is 0. The molecule has 0 aliphatic rings. The second kappa shape index (κ2) is 9.08. The number of hydrogen-bond acceptors (Lipinski definition) is 2. The Morgan fingerprint density at radius 1 is 0.500 bits per heavy atom. The van der Waals surface area contributed by atoms with Crippen LogP contribution in [0.4, 0.5) is 0 Å². The smallest absolute Gasteiger partial charge is 0.169 e. The summed E-state index contributed by atoms with van der Waals surface area (Å²) in [6.07, 6.45) is 7.99. The number of aromatic nitrogens is 2. The highest BCUT2D eigenvalue weighted by Gasteiger charge is 2.12. The summed E-state index contributed by atoms with van der Waals surface area (Å²) in [6, 6.07) is 28.2. The molecule has 0 aliphatic carbocycles. The number of nitrogens with zero attached hydrogens (tertiary/aromatic N) is 4. The zero-order valence-corrected chi connectivity index (χ0v) is 18.0. The molecule has 0 aliphatic heterocycles. The molecule has 4 nitrogen and oxygen atoms in total. The Morgan fingerprint density at radius 3 is 1.06 bits per heavy atom. The van der Waals surface area contributed by atoms with Gasteiger partial charge in [0.1, 0.15) is 26.2 Å². The van der Waals surface area contributed by atoms with E-state index in [0.717, 1.165) is 33.4 Å². The fraction of sp³-hybridized carbons (Fsp3) is 0.0714. The molecule has 0 bridgehead atoms. The van der Waals surface area contributed by atoms with Gasteiger partial charge in [0.2, 0.25) is 0 Å². The van der Waals surface area contributed by atoms with Crippen LogP contribution in [0.15, 0.2) is 97.6 Å². The Balaban J connectivity index is 1.67. The van der Waals surface area contributed by atoms with Crippen LogP contribution >= 0.6 is 0 Å². The fourth-order valence-corrected chi connectivity index (χ4v) is 3.58. The van der Waals surface area contributed by atoms with Gasteiger partial charge in [-0.3, -0.25) is 0 Å². The van der Waals surface area contributed by atoms with E-state index in [0.29, 0.717) is 11.1 Å². The molecule has 0 saturated heterocycles. The van der Waals surface area contributed by atoms with Gasteiger partial charge in [0.15, 0.2) is 24.8 Å². The third-order valence-electron chi connectivity index (χ3n) is 5.44. The molecular weight excluding hydrogens is 392 g/mol. The molecule has 0 unspecified atom stereocenters. The van der Waals surface area contributed by atoms with Gasteiger partial charge >= 0.3 is 0 Å². The minimum atomic E-state index is 0.373. The van der Waals surface area contributed by atoms with Gasteiger partial charge in [0.05, 0.1) is 11.1 Å². The first-order chi connectivity index (χ1) is 15.6. The third-order valence-corrected chi connectivity index (χ3v) is 5.44. The van der Waals surface area contributed by atoms with Crippen LogP contribution in [-0.4, -0.2) is 0 Å². The van der Waals surface area contributed by atoms with Gasteiger partial charge in [-0.2, -0.15) is 10.5 Å².